The quantitative estimate of drug-likeness (QED) is 0.149. The van der Waals surface area contributed by atoms with Gasteiger partial charge in [-0.3, -0.25) is 4.79 Å². The van der Waals surface area contributed by atoms with Crippen LogP contribution < -0.4 is 9.47 Å². The van der Waals surface area contributed by atoms with Gasteiger partial charge in [0.1, 0.15) is 17.3 Å². The lowest BCUT2D eigenvalue weighted by Gasteiger charge is -2.33. The number of rotatable bonds is 15. The summed E-state index contributed by atoms with van der Waals surface area (Å²) in [4.78, 5) is 12.4. The van der Waals surface area contributed by atoms with Gasteiger partial charge >= 0.3 is 5.97 Å². The summed E-state index contributed by atoms with van der Waals surface area (Å²) < 4.78 is 26.1. The number of halogens is 1. The van der Waals surface area contributed by atoms with E-state index in [1.165, 1.54) is 63.9 Å². The van der Waals surface area contributed by atoms with E-state index >= 15 is 0 Å². The molecule has 0 atom stereocenters. The van der Waals surface area contributed by atoms with Gasteiger partial charge in [0.2, 0.25) is 0 Å². The number of esters is 1. The van der Waals surface area contributed by atoms with Crippen molar-refractivity contribution < 1.29 is 18.7 Å². The number of hydrogen-bond acceptors (Lipinski definition) is 3. The zero-order chi connectivity index (χ0) is 24.2. The van der Waals surface area contributed by atoms with E-state index in [9.17, 15) is 9.18 Å². The average Bonchev–Trinajstić information content (AvgIpc) is 2.80. The molecule has 0 unspecified atom stereocenters. The van der Waals surface area contributed by atoms with Crippen LogP contribution in [0.15, 0.2) is 42.5 Å². The van der Waals surface area contributed by atoms with Crippen LogP contribution in [-0.2, 0) is 4.79 Å². The summed E-state index contributed by atoms with van der Waals surface area (Å²) in [6, 6.07) is 12.2. The number of ether oxygens (including phenoxy) is 2. The Kier molecular flexibility index (Phi) is 10.9. The number of unbranched alkanes of at least 4 members (excludes halogenated alkanes) is 7. The fourth-order valence-electron chi connectivity index (χ4n) is 4.64. The van der Waals surface area contributed by atoms with Crippen LogP contribution in [0.1, 0.15) is 90.9 Å². The highest BCUT2D eigenvalue weighted by Gasteiger charge is 2.35. The van der Waals surface area contributed by atoms with Crippen molar-refractivity contribution in [3.8, 4) is 22.6 Å². The summed E-state index contributed by atoms with van der Waals surface area (Å²) in [6.45, 7) is 5.13. The second-order valence-electron chi connectivity index (χ2n) is 9.73. The molecule has 0 N–H and O–H groups in total. The van der Waals surface area contributed by atoms with Gasteiger partial charge in [-0.05, 0) is 55.0 Å². The second kappa shape index (κ2) is 14.1. The number of hydrogen-bond donors (Lipinski definition) is 0. The molecule has 4 heteroatoms. The maximum atomic E-state index is 14.8. The fourth-order valence-corrected chi connectivity index (χ4v) is 4.64. The summed E-state index contributed by atoms with van der Waals surface area (Å²) in [6.07, 6.45) is 14.1. The molecular formula is C30H41FO3. The molecular weight excluding hydrogens is 427 g/mol. The van der Waals surface area contributed by atoms with Crippen molar-refractivity contribution in [2.24, 2.45) is 11.8 Å². The third-order valence-corrected chi connectivity index (χ3v) is 6.88. The van der Waals surface area contributed by atoms with Crippen molar-refractivity contribution in [2.75, 3.05) is 6.61 Å². The van der Waals surface area contributed by atoms with E-state index in [1.807, 2.05) is 24.3 Å². The van der Waals surface area contributed by atoms with Crippen molar-refractivity contribution >= 4 is 5.97 Å². The van der Waals surface area contributed by atoms with Crippen LogP contribution in [0.4, 0.5) is 4.39 Å². The van der Waals surface area contributed by atoms with Gasteiger partial charge in [0.05, 0.1) is 12.5 Å². The van der Waals surface area contributed by atoms with Crippen molar-refractivity contribution in [1.29, 1.82) is 0 Å². The Bertz CT molecular complexity index is 871. The molecule has 0 bridgehead atoms. The third kappa shape index (κ3) is 8.14. The van der Waals surface area contributed by atoms with E-state index in [0.29, 0.717) is 18.1 Å². The first-order chi connectivity index (χ1) is 16.6. The highest BCUT2D eigenvalue weighted by molar-refractivity contribution is 5.76. The topological polar surface area (TPSA) is 35.5 Å². The van der Waals surface area contributed by atoms with E-state index in [2.05, 4.69) is 13.8 Å². The highest BCUT2D eigenvalue weighted by Crippen LogP contribution is 2.38. The molecule has 34 heavy (non-hydrogen) atoms. The Morgan fingerprint density at radius 3 is 2.21 bits per heavy atom. The first-order valence-corrected chi connectivity index (χ1v) is 13.3. The molecule has 1 saturated carbocycles. The Morgan fingerprint density at radius 2 is 1.50 bits per heavy atom. The molecule has 186 valence electrons. The summed E-state index contributed by atoms with van der Waals surface area (Å²) in [7, 11) is 0. The van der Waals surface area contributed by atoms with Gasteiger partial charge in [-0.25, -0.2) is 4.39 Å². The monoisotopic (exact) mass is 468 g/mol. The Hall–Kier alpha value is -2.36. The maximum absolute atomic E-state index is 14.8. The van der Waals surface area contributed by atoms with Gasteiger partial charge in [-0.1, -0.05) is 83.8 Å². The largest absolute Gasteiger partial charge is 0.494 e. The minimum Gasteiger partial charge on any atom is -0.494 e. The van der Waals surface area contributed by atoms with E-state index < -0.39 is 5.82 Å². The van der Waals surface area contributed by atoms with Crippen molar-refractivity contribution in [2.45, 2.75) is 90.9 Å². The molecule has 1 aliphatic carbocycles. The van der Waals surface area contributed by atoms with Crippen LogP contribution in [0.2, 0.25) is 0 Å². The van der Waals surface area contributed by atoms with Crippen LogP contribution in [0.3, 0.4) is 0 Å². The van der Waals surface area contributed by atoms with E-state index in [4.69, 9.17) is 9.47 Å². The molecule has 0 spiro atoms. The summed E-state index contributed by atoms with van der Waals surface area (Å²) in [5.41, 5.74) is 1.26. The molecule has 3 nitrogen and oxygen atoms in total. The first kappa shape index (κ1) is 26.2. The van der Waals surface area contributed by atoms with Crippen LogP contribution in [-0.4, -0.2) is 12.6 Å². The predicted molar refractivity (Wildman–Crippen MR) is 137 cm³/mol. The predicted octanol–water partition coefficient (Wildman–Crippen LogP) is 8.74. The molecule has 1 aliphatic rings. The van der Waals surface area contributed by atoms with Gasteiger partial charge in [0, 0.05) is 11.6 Å². The van der Waals surface area contributed by atoms with Crippen LogP contribution in [0.25, 0.3) is 11.1 Å². The van der Waals surface area contributed by atoms with Gasteiger partial charge in [-0.2, -0.15) is 0 Å². The Balaban J connectivity index is 1.43. The number of benzene rings is 2. The third-order valence-electron chi connectivity index (χ3n) is 6.88. The lowest BCUT2D eigenvalue weighted by Crippen LogP contribution is -2.33. The molecule has 1 fully saturated rings. The molecule has 0 aliphatic heterocycles. The standard InChI is InChI=1S/C30H41FO3/c1-3-5-7-8-9-11-19-33-26-15-13-24(14-16-26)28-18-17-27(22-29(28)31)34-30(32)25-20-23(21-25)12-10-6-4-2/h13-18,22-23,25H,3-12,19-21H2,1-2H3. The Morgan fingerprint density at radius 1 is 0.853 bits per heavy atom. The molecule has 2 aromatic carbocycles. The molecule has 0 radical (unpaired) electrons. The molecule has 0 amide bonds. The summed E-state index contributed by atoms with van der Waals surface area (Å²) in [5, 5.41) is 0. The highest BCUT2D eigenvalue weighted by atomic mass is 19.1. The van der Waals surface area contributed by atoms with E-state index in [-0.39, 0.29) is 17.6 Å². The Labute approximate surface area is 205 Å². The summed E-state index contributed by atoms with van der Waals surface area (Å²) in [5.74, 6) is 1.05. The summed E-state index contributed by atoms with van der Waals surface area (Å²) >= 11 is 0. The lowest BCUT2D eigenvalue weighted by atomic mass is 9.72. The average molecular weight is 469 g/mol. The molecule has 0 saturated heterocycles. The number of carbonyl (C=O) groups is 1. The van der Waals surface area contributed by atoms with E-state index in [1.54, 1.807) is 12.1 Å². The van der Waals surface area contributed by atoms with Gasteiger partial charge in [-0.15, -0.1) is 0 Å². The molecule has 0 aromatic heterocycles. The van der Waals surface area contributed by atoms with Crippen molar-refractivity contribution in [1.82, 2.24) is 0 Å². The van der Waals surface area contributed by atoms with Crippen molar-refractivity contribution in [3.63, 3.8) is 0 Å². The van der Waals surface area contributed by atoms with Crippen LogP contribution in [0.5, 0.6) is 11.5 Å². The molecule has 3 rings (SSSR count). The van der Waals surface area contributed by atoms with E-state index in [0.717, 1.165) is 30.6 Å². The fraction of sp³-hybridized carbons (Fsp3) is 0.567. The smallest absolute Gasteiger partial charge is 0.314 e. The lowest BCUT2D eigenvalue weighted by molar-refractivity contribution is -0.143. The minimum absolute atomic E-state index is 0.0433. The minimum atomic E-state index is -0.392. The van der Waals surface area contributed by atoms with Crippen molar-refractivity contribution in [3.05, 3.63) is 48.3 Å². The van der Waals surface area contributed by atoms with Gasteiger partial charge < -0.3 is 9.47 Å². The normalized spacial score (nSPS) is 17.3. The number of carbonyl (C=O) groups excluding carboxylic acids is 1. The SMILES string of the molecule is CCCCCCCCOc1ccc(-c2ccc(OC(=O)C3CC(CCCCC)C3)cc2F)cc1. The maximum Gasteiger partial charge on any atom is 0.314 e. The van der Waals surface area contributed by atoms with Crippen LogP contribution >= 0.6 is 0 Å². The zero-order valence-electron chi connectivity index (χ0n) is 21.0. The zero-order valence-corrected chi connectivity index (χ0v) is 21.0. The van der Waals surface area contributed by atoms with Crippen LogP contribution in [0, 0.1) is 17.7 Å². The van der Waals surface area contributed by atoms with Gasteiger partial charge in [0.25, 0.3) is 0 Å². The first-order valence-electron chi connectivity index (χ1n) is 13.3. The second-order valence-corrected chi connectivity index (χ2v) is 9.73. The van der Waals surface area contributed by atoms with Gasteiger partial charge in [0.15, 0.2) is 0 Å². The molecule has 2 aromatic rings. The molecule has 0 heterocycles.